The van der Waals surface area contributed by atoms with Gasteiger partial charge in [-0.2, -0.15) is 8.78 Å². The summed E-state index contributed by atoms with van der Waals surface area (Å²) in [5, 5.41) is 0. The van der Waals surface area contributed by atoms with Crippen LogP contribution in [0.2, 0.25) is 0 Å². The van der Waals surface area contributed by atoms with Crippen LogP contribution in [0.1, 0.15) is 25.3 Å². The molecule has 2 nitrogen and oxygen atoms in total. The van der Waals surface area contributed by atoms with Crippen LogP contribution in [0.4, 0.5) is 14.6 Å². The lowest BCUT2D eigenvalue weighted by Crippen LogP contribution is -2.29. The molecule has 0 amide bonds. The van der Waals surface area contributed by atoms with Crippen molar-refractivity contribution in [2.24, 2.45) is 5.92 Å². The lowest BCUT2D eigenvalue weighted by Gasteiger charge is -2.27. The van der Waals surface area contributed by atoms with E-state index in [0.29, 0.717) is 5.56 Å². The van der Waals surface area contributed by atoms with Crippen molar-refractivity contribution in [2.45, 2.75) is 25.7 Å². The third kappa shape index (κ3) is 2.30. The van der Waals surface area contributed by atoms with Crippen LogP contribution in [0, 0.1) is 18.3 Å². The largest absolute Gasteiger partial charge is 0.383 e. The molecule has 4 heteroatoms. The first kappa shape index (κ1) is 12.4. The van der Waals surface area contributed by atoms with Crippen molar-refractivity contribution in [3.63, 3.8) is 0 Å². The Hall–Kier alpha value is -1.63. The first-order valence-corrected chi connectivity index (χ1v) is 4.96. The molecule has 0 fully saturated rings. The molecule has 2 N–H and O–H groups in total. The second-order valence-corrected chi connectivity index (χ2v) is 3.97. The fraction of sp³-hybridized carbons (Fsp3) is 0.417. The number of pyridine rings is 1. The molecule has 16 heavy (non-hydrogen) atoms. The summed E-state index contributed by atoms with van der Waals surface area (Å²) in [7, 11) is 0. The fourth-order valence-corrected chi connectivity index (χ4v) is 1.76. The Balaban J connectivity index is 3.25. The molecule has 86 valence electrons. The SMILES string of the molecule is C#CC(F)(F)[C@H](c1cccnc1N)C(C)C. The van der Waals surface area contributed by atoms with Crippen LogP contribution in [0.25, 0.3) is 0 Å². The summed E-state index contributed by atoms with van der Waals surface area (Å²) in [4.78, 5) is 3.81. The number of hydrogen-bond donors (Lipinski definition) is 1. The number of hydrogen-bond acceptors (Lipinski definition) is 2. The number of aromatic nitrogens is 1. The van der Waals surface area contributed by atoms with Gasteiger partial charge in [-0.05, 0) is 17.9 Å². The maximum absolute atomic E-state index is 13.6. The predicted octanol–water partition coefficient (Wildman–Crippen LogP) is 2.67. The Labute approximate surface area is 93.9 Å². The second kappa shape index (κ2) is 4.48. The number of anilines is 1. The maximum Gasteiger partial charge on any atom is 0.314 e. The van der Waals surface area contributed by atoms with Gasteiger partial charge in [-0.25, -0.2) is 4.98 Å². The van der Waals surface area contributed by atoms with Crippen molar-refractivity contribution in [3.05, 3.63) is 23.9 Å². The Kier molecular flexibility index (Phi) is 3.48. The lowest BCUT2D eigenvalue weighted by molar-refractivity contribution is 0.0183. The number of terminal acetylenes is 1. The minimum absolute atomic E-state index is 0.108. The van der Waals surface area contributed by atoms with Gasteiger partial charge in [0.1, 0.15) is 5.82 Å². The van der Waals surface area contributed by atoms with E-state index in [9.17, 15) is 8.78 Å². The first-order chi connectivity index (χ1) is 7.40. The van der Waals surface area contributed by atoms with Gasteiger partial charge in [-0.1, -0.05) is 19.9 Å². The van der Waals surface area contributed by atoms with Crippen LogP contribution in [0.15, 0.2) is 18.3 Å². The van der Waals surface area contributed by atoms with E-state index in [1.165, 1.54) is 18.2 Å². The standard InChI is InChI=1S/C12H14F2N2/c1-4-12(13,14)10(8(2)3)9-6-5-7-16-11(9)15/h1,5-8,10H,2-3H3,(H2,15,16)/t10-/m0/s1. The molecule has 0 bridgehead atoms. The van der Waals surface area contributed by atoms with Gasteiger partial charge in [-0.15, -0.1) is 6.42 Å². The van der Waals surface area contributed by atoms with Crippen LogP contribution < -0.4 is 5.73 Å². The molecule has 0 radical (unpaired) electrons. The molecule has 0 aliphatic rings. The van der Waals surface area contributed by atoms with Gasteiger partial charge in [0.2, 0.25) is 0 Å². The molecule has 0 unspecified atom stereocenters. The first-order valence-electron chi connectivity index (χ1n) is 4.96. The Bertz CT molecular complexity index is 408. The Morgan fingerprint density at radius 1 is 1.50 bits per heavy atom. The molecular weight excluding hydrogens is 210 g/mol. The van der Waals surface area contributed by atoms with Gasteiger partial charge in [0, 0.05) is 11.8 Å². The van der Waals surface area contributed by atoms with E-state index in [4.69, 9.17) is 12.2 Å². The van der Waals surface area contributed by atoms with E-state index in [0.717, 1.165) is 0 Å². The number of alkyl halides is 2. The summed E-state index contributed by atoms with van der Waals surface area (Å²) in [6, 6.07) is 3.12. The van der Waals surface area contributed by atoms with Gasteiger partial charge < -0.3 is 5.73 Å². The Morgan fingerprint density at radius 3 is 2.56 bits per heavy atom. The number of nitrogens with zero attached hydrogens (tertiary/aromatic N) is 1. The van der Waals surface area contributed by atoms with Crippen molar-refractivity contribution in [1.82, 2.24) is 4.98 Å². The summed E-state index contributed by atoms with van der Waals surface area (Å²) in [5.74, 6) is -3.00. The molecule has 0 aliphatic heterocycles. The smallest absolute Gasteiger partial charge is 0.314 e. The maximum atomic E-state index is 13.6. The molecule has 0 spiro atoms. The highest BCUT2D eigenvalue weighted by Gasteiger charge is 2.41. The van der Waals surface area contributed by atoms with E-state index >= 15 is 0 Å². The summed E-state index contributed by atoms with van der Waals surface area (Å²) in [6.45, 7) is 3.37. The van der Waals surface area contributed by atoms with Crippen molar-refractivity contribution < 1.29 is 8.78 Å². The van der Waals surface area contributed by atoms with Crippen LogP contribution in [-0.2, 0) is 0 Å². The zero-order valence-corrected chi connectivity index (χ0v) is 9.24. The van der Waals surface area contributed by atoms with E-state index in [-0.39, 0.29) is 11.7 Å². The summed E-state index contributed by atoms with van der Waals surface area (Å²) in [6.07, 6.45) is 6.33. The van der Waals surface area contributed by atoms with Crippen LogP contribution >= 0.6 is 0 Å². The molecular formula is C12H14F2N2. The predicted molar refractivity (Wildman–Crippen MR) is 60.0 cm³/mol. The van der Waals surface area contributed by atoms with Crippen molar-refractivity contribution in [1.29, 1.82) is 0 Å². The molecule has 1 atom stereocenters. The van der Waals surface area contributed by atoms with Crippen molar-refractivity contribution >= 4 is 5.82 Å². The molecule has 0 saturated heterocycles. The van der Waals surface area contributed by atoms with Gasteiger partial charge in [0.05, 0.1) is 5.92 Å². The zero-order chi connectivity index (χ0) is 12.3. The third-order valence-electron chi connectivity index (χ3n) is 2.46. The van der Waals surface area contributed by atoms with E-state index in [2.05, 4.69) is 4.98 Å². The van der Waals surface area contributed by atoms with Crippen LogP contribution in [-0.4, -0.2) is 10.9 Å². The minimum atomic E-state index is -3.22. The molecule has 1 aromatic rings. The highest BCUT2D eigenvalue weighted by Crippen LogP contribution is 2.40. The van der Waals surface area contributed by atoms with Gasteiger partial charge in [-0.3, -0.25) is 0 Å². The third-order valence-corrected chi connectivity index (χ3v) is 2.46. The number of nitrogen functional groups attached to an aromatic ring is 1. The average Bonchev–Trinajstić information content (AvgIpc) is 2.20. The average molecular weight is 224 g/mol. The van der Waals surface area contributed by atoms with Crippen LogP contribution in [0.3, 0.4) is 0 Å². The highest BCUT2D eigenvalue weighted by molar-refractivity contribution is 5.43. The van der Waals surface area contributed by atoms with Gasteiger partial charge in [0.25, 0.3) is 0 Å². The molecule has 1 rings (SSSR count). The lowest BCUT2D eigenvalue weighted by atomic mass is 9.83. The number of halogens is 2. The summed E-state index contributed by atoms with van der Waals surface area (Å²) >= 11 is 0. The fourth-order valence-electron chi connectivity index (χ4n) is 1.76. The zero-order valence-electron chi connectivity index (χ0n) is 9.24. The molecule has 1 heterocycles. The van der Waals surface area contributed by atoms with E-state index < -0.39 is 11.8 Å². The Morgan fingerprint density at radius 2 is 2.12 bits per heavy atom. The number of nitrogens with two attached hydrogens (primary N) is 1. The normalized spacial score (nSPS) is 13.5. The topological polar surface area (TPSA) is 38.9 Å². The minimum Gasteiger partial charge on any atom is -0.383 e. The molecule has 0 aliphatic carbocycles. The summed E-state index contributed by atoms with van der Waals surface area (Å²) < 4.78 is 27.2. The highest BCUT2D eigenvalue weighted by atomic mass is 19.3. The van der Waals surface area contributed by atoms with E-state index in [1.54, 1.807) is 19.9 Å². The van der Waals surface area contributed by atoms with Crippen LogP contribution in [0.5, 0.6) is 0 Å². The van der Waals surface area contributed by atoms with Crippen molar-refractivity contribution in [2.75, 3.05) is 5.73 Å². The number of rotatable bonds is 3. The second-order valence-electron chi connectivity index (χ2n) is 3.97. The monoisotopic (exact) mass is 224 g/mol. The molecule has 0 aromatic carbocycles. The molecule has 1 aromatic heterocycles. The van der Waals surface area contributed by atoms with Crippen molar-refractivity contribution in [3.8, 4) is 12.3 Å². The van der Waals surface area contributed by atoms with E-state index in [1.807, 2.05) is 0 Å². The van der Waals surface area contributed by atoms with Gasteiger partial charge >= 0.3 is 5.92 Å². The van der Waals surface area contributed by atoms with Gasteiger partial charge in [0.15, 0.2) is 0 Å². The summed E-state index contributed by atoms with van der Waals surface area (Å²) in [5.41, 5.74) is 5.90. The quantitative estimate of drug-likeness (QED) is 0.802. The molecule has 0 saturated carbocycles.